The van der Waals surface area contributed by atoms with Crippen LogP contribution in [0, 0.1) is 0 Å². The van der Waals surface area contributed by atoms with Gasteiger partial charge in [0.25, 0.3) is 5.91 Å². The Morgan fingerprint density at radius 2 is 1.90 bits per heavy atom. The standard InChI is InChI=1S/C23H16Cl2N2O4/c1-13-18(22(28)27(26-13)16-6-8-19(24)20(25)11-16)12-17-7-9-21(31-17)14-4-3-5-15(10-14)23(29)30-2/h3-12H,1-2H3. The third-order valence-corrected chi connectivity index (χ3v) is 5.43. The normalized spacial score (nSPS) is 14.8. The number of ether oxygens (including phenoxy) is 1. The molecule has 6 nitrogen and oxygen atoms in total. The van der Waals surface area contributed by atoms with Gasteiger partial charge in [0.15, 0.2) is 0 Å². The summed E-state index contributed by atoms with van der Waals surface area (Å²) in [5, 5.41) is 6.33. The highest BCUT2D eigenvalue weighted by Gasteiger charge is 2.29. The molecule has 1 aliphatic rings. The Morgan fingerprint density at radius 1 is 1.10 bits per heavy atom. The zero-order chi connectivity index (χ0) is 22.1. The summed E-state index contributed by atoms with van der Waals surface area (Å²) >= 11 is 12.0. The number of nitrogens with zero attached hydrogens (tertiary/aromatic N) is 2. The van der Waals surface area contributed by atoms with Gasteiger partial charge in [0, 0.05) is 5.56 Å². The van der Waals surface area contributed by atoms with Gasteiger partial charge in [-0.25, -0.2) is 4.79 Å². The summed E-state index contributed by atoms with van der Waals surface area (Å²) in [4.78, 5) is 24.7. The molecule has 0 N–H and O–H groups in total. The average molecular weight is 455 g/mol. The van der Waals surface area contributed by atoms with Crippen LogP contribution >= 0.6 is 23.2 Å². The first-order valence-electron chi connectivity index (χ1n) is 9.23. The topological polar surface area (TPSA) is 72.1 Å². The van der Waals surface area contributed by atoms with Crippen molar-refractivity contribution in [2.45, 2.75) is 6.92 Å². The van der Waals surface area contributed by atoms with Crippen molar-refractivity contribution < 1.29 is 18.7 Å². The van der Waals surface area contributed by atoms with Crippen LogP contribution in [0.1, 0.15) is 23.0 Å². The van der Waals surface area contributed by atoms with Crippen LogP contribution in [-0.4, -0.2) is 24.7 Å². The number of rotatable bonds is 4. The number of hydrazone groups is 1. The molecule has 0 unspecified atom stereocenters. The van der Waals surface area contributed by atoms with E-state index in [9.17, 15) is 9.59 Å². The minimum Gasteiger partial charge on any atom is -0.465 e. The molecule has 4 rings (SSSR count). The number of hydrogen-bond donors (Lipinski definition) is 0. The molecule has 0 fully saturated rings. The molecule has 0 radical (unpaired) electrons. The molecular weight excluding hydrogens is 439 g/mol. The molecular formula is C23H16Cl2N2O4. The van der Waals surface area contributed by atoms with E-state index in [4.69, 9.17) is 32.4 Å². The van der Waals surface area contributed by atoms with Crippen molar-refractivity contribution in [1.82, 2.24) is 0 Å². The molecule has 0 saturated heterocycles. The molecule has 3 aromatic rings. The van der Waals surface area contributed by atoms with Gasteiger partial charge in [-0.05, 0) is 55.5 Å². The predicted octanol–water partition coefficient (Wildman–Crippen LogP) is 5.85. The Bertz CT molecular complexity index is 1260. The van der Waals surface area contributed by atoms with Crippen molar-refractivity contribution in [3.05, 3.63) is 81.5 Å². The Labute approximate surface area is 188 Å². The minimum atomic E-state index is -0.429. The number of anilines is 1. The minimum absolute atomic E-state index is 0.304. The van der Waals surface area contributed by atoms with Crippen molar-refractivity contribution >= 4 is 52.6 Å². The van der Waals surface area contributed by atoms with E-state index < -0.39 is 5.97 Å². The number of esters is 1. The maximum atomic E-state index is 12.9. The van der Waals surface area contributed by atoms with Crippen molar-refractivity contribution in [2.24, 2.45) is 5.10 Å². The van der Waals surface area contributed by atoms with Gasteiger partial charge in [0.1, 0.15) is 11.5 Å². The molecule has 8 heteroatoms. The van der Waals surface area contributed by atoms with Crippen molar-refractivity contribution in [3.63, 3.8) is 0 Å². The highest BCUT2D eigenvalue weighted by molar-refractivity contribution is 6.42. The van der Waals surface area contributed by atoms with Crippen LogP contribution in [0.3, 0.4) is 0 Å². The summed E-state index contributed by atoms with van der Waals surface area (Å²) in [6.45, 7) is 1.74. The summed E-state index contributed by atoms with van der Waals surface area (Å²) in [6, 6.07) is 15.3. The fourth-order valence-corrected chi connectivity index (χ4v) is 3.41. The van der Waals surface area contributed by atoms with E-state index in [0.717, 1.165) is 0 Å². The van der Waals surface area contributed by atoms with Gasteiger partial charge in [-0.2, -0.15) is 10.1 Å². The molecule has 0 spiro atoms. The van der Waals surface area contributed by atoms with E-state index in [-0.39, 0.29) is 5.91 Å². The first kappa shape index (κ1) is 20.9. The SMILES string of the molecule is COC(=O)c1cccc(-c2ccc(C=C3C(=O)N(c4ccc(Cl)c(Cl)c4)N=C3C)o2)c1. The van der Waals surface area contributed by atoms with Gasteiger partial charge in [0.05, 0.1) is 39.7 Å². The molecule has 1 aliphatic heterocycles. The Balaban J connectivity index is 1.61. The fourth-order valence-electron chi connectivity index (χ4n) is 3.12. The van der Waals surface area contributed by atoms with Gasteiger partial charge in [-0.1, -0.05) is 35.3 Å². The van der Waals surface area contributed by atoms with Gasteiger partial charge in [0.2, 0.25) is 0 Å². The van der Waals surface area contributed by atoms with Crippen LogP contribution in [0.15, 0.2) is 69.7 Å². The quantitative estimate of drug-likeness (QED) is 0.366. The second-order valence-corrected chi connectivity index (χ2v) is 7.55. The highest BCUT2D eigenvalue weighted by atomic mass is 35.5. The largest absolute Gasteiger partial charge is 0.465 e. The molecule has 0 bridgehead atoms. The van der Waals surface area contributed by atoms with Crippen LogP contribution in [0.5, 0.6) is 0 Å². The zero-order valence-corrected chi connectivity index (χ0v) is 18.1. The molecule has 0 saturated carbocycles. The number of furan rings is 1. The Hall–Kier alpha value is -3.35. The lowest BCUT2D eigenvalue weighted by Crippen LogP contribution is -2.21. The smallest absolute Gasteiger partial charge is 0.337 e. The summed E-state index contributed by atoms with van der Waals surface area (Å²) in [6.07, 6.45) is 1.63. The number of hydrogen-bond acceptors (Lipinski definition) is 5. The zero-order valence-electron chi connectivity index (χ0n) is 16.6. The van der Waals surface area contributed by atoms with Crippen molar-refractivity contribution in [2.75, 3.05) is 12.1 Å². The van der Waals surface area contributed by atoms with Crippen molar-refractivity contribution in [1.29, 1.82) is 0 Å². The molecule has 0 atom stereocenters. The summed E-state index contributed by atoms with van der Waals surface area (Å²) in [5.74, 6) is 0.300. The first-order valence-corrected chi connectivity index (χ1v) is 9.98. The second-order valence-electron chi connectivity index (χ2n) is 6.73. The van der Waals surface area contributed by atoms with Gasteiger partial charge in [-0.15, -0.1) is 0 Å². The van der Waals surface area contributed by atoms with E-state index >= 15 is 0 Å². The van der Waals surface area contributed by atoms with Crippen LogP contribution < -0.4 is 5.01 Å². The Morgan fingerprint density at radius 3 is 2.65 bits per heavy atom. The third-order valence-electron chi connectivity index (χ3n) is 4.69. The molecule has 2 heterocycles. The number of methoxy groups -OCH3 is 1. The molecule has 156 valence electrons. The lowest BCUT2D eigenvalue weighted by atomic mass is 10.1. The monoisotopic (exact) mass is 454 g/mol. The fraction of sp³-hybridized carbons (Fsp3) is 0.0870. The summed E-state index contributed by atoms with van der Waals surface area (Å²) in [7, 11) is 1.33. The van der Waals surface area contributed by atoms with E-state index in [2.05, 4.69) is 5.10 Å². The van der Waals surface area contributed by atoms with Crippen molar-refractivity contribution in [3.8, 4) is 11.3 Å². The van der Waals surface area contributed by atoms with Gasteiger partial charge < -0.3 is 9.15 Å². The van der Waals surface area contributed by atoms with E-state index in [1.54, 1.807) is 61.5 Å². The lowest BCUT2D eigenvalue weighted by Gasteiger charge is -2.12. The summed E-state index contributed by atoms with van der Waals surface area (Å²) < 4.78 is 10.6. The molecule has 31 heavy (non-hydrogen) atoms. The average Bonchev–Trinajstić information content (AvgIpc) is 3.35. The molecule has 1 aromatic heterocycles. The maximum absolute atomic E-state index is 12.9. The van der Waals surface area contributed by atoms with Crippen LogP contribution in [0.2, 0.25) is 10.0 Å². The highest BCUT2D eigenvalue weighted by Crippen LogP contribution is 2.31. The van der Waals surface area contributed by atoms with E-state index in [0.29, 0.717) is 49.7 Å². The van der Waals surface area contributed by atoms with Gasteiger partial charge >= 0.3 is 5.97 Å². The number of amides is 1. The maximum Gasteiger partial charge on any atom is 0.337 e. The number of benzene rings is 2. The van der Waals surface area contributed by atoms with Crippen LogP contribution in [0.25, 0.3) is 17.4 Å². The number of halogens is 2. The van der Waals surface area contributed by atoms with Gasteiger partial charge in [-0.3, -0.25) is 4.79 Å². The molecule has 0 aliphatic carbocycles. The van der Waals surface area contributed by atoms with E-state index in [1.165, 1.54) is 12.1 Å². The predicted molar refractivity (Wildman–Crippen MR) is 121 cm³/mol. The third kappa shape index (κ3) is 4.13. The number of carbonyl (C=O) groups is 2. The second kappa shape index (κ2) is 8.41. The number of carbonyl (C=O) groups excluding carboxylic acids is 2. The lowest BCUT2D eigenvalue weighted by molar-refractivity contribution is -0.114. The van der Waals surface area contributed by atoms with Crippen LogP contribution in [-0.2, 0) is 9.53 Å². The van der Waals surface area contributed by atoms with Crippen LogP contribution in [0.4, 0.5) is 5.69 Å². The summed E-state index contributed by atoms with van der Waals surface area (Å²) in [5.41, 5.74) is 2.59. The molecule has 1 amide bonds. The molecule has 2 aromatic carbocycles. The Kier molecular flexibility index (Phi) is 5.67. The van der Waals surface area contributed by atoms with E-state index in [1.807, 2.05) is 6.07 Å². The first-order chi connectivity index (χ1) is 14.9.